The van der Waals surface area contributed by atoms with E-state index in [1.165, 1.54) is 57.8 Å². The van der Waals surface area contributed by atoms with Gasteiger partial charge in [0.2, 0.25) is 11.8 Å². The Labute approximate surface area is 155 Å². The number of amides is 2. The molecular formula is C21H40N2O2. The summed E-state index contributed by atoms with van der Waals surface area (Å²) in [4.78, 5) is 26.0. The Balaban J connectivity index is 2.02. The first kappa shape index (κ1) is 22.0. The molecular weight excluding hydrogens is 312 g/mol. The van der Waals surface area contributed by atoms with Crippen molar-refractivity contribution >= 4 is 11.8 Å². The molecule has 1 fully saturated rings. The smallest absolute Gasteiger partial charge is 0.225 e. The number of unbranched alkanes of at least 4 members (excludes halogenated alkanes) is 10. The van der Waals surface area contributed by atoms with Gasteiger partial charge in [-0.3, -0.25) is 9.59 Å². The van der Waals surface area contributed by atoms with E-state index in [1.54, 1.807) is 0 Å². The zero-order valence-corrected chi connectivity index (χ0v) is 16.7. The molecule has 1 aliphatic heterocycles. The van der Waals surface area contributed by atoms with Gasteiger partial charge in [0.15, 0.2) is 0 Å². The van der Waals surface area contributed by atoms with Crippen molar-refractivity contribution in [2.24, 2.45) is 5.92 Å². The fourth-order valence-electron chi connectivity index (χ4n) is 3.49. The molecule has 1 unspecified atom stereocenters. The first-order valence-electron chi connectivity index (χ1n) is 10.7. The number of nitrogens with zero attached hydrogens (tertiary/aromatic N) is 1. The molecule has 1 saturated heterocycles. The number of hydrogen-bond donors (Lipinski definition) is 1. The molecule has 4 nitrogen and oxygen atoms in total. The van der Waals surface area contributed by atoms with Crippen LogP contribution in [0.1, 0.15) is 97.3 Å². The highest BCUT2D eigenvalue weighted by atomic mass is 16.2. The van der Waals surface area contributed by atoms with Gasteiger partial charge in [-0.1, -0.05) is 78.1 Å². The van der Waals surface area contributed by atoms with Crippen LogP contribution < -0.4 is 5.32 Å². The van der Waals surface area contributed by atoms with E-state index in [2.05, 4.69) is 19.2 Å². The Hall–Kier alpha value is -1.06. The van der Waals surface area contributed by atoms with Gasteiger partial charge in [-0.2, -0.15) is 0 Å². The molecule has 4 heteroatoms. The summed E-state index contributed by atoms with van der Waals surface area (Å²) in [6, 6.07) is 0. The minimum Gasteiger partial charge on any atom is -0.356 e. The summed E-state index contributed by atoms with van der Waals surface area (Å²) in [6.45, 7) is 6.55. The maximum absolute atomic E-state index is 12.1. The largest absolute Gasteiger partial charge is 0.356 e. The molecule has 0 aromatic rings. The van der Waals surface area contributed by atoms with Crippen LogP contribution in [0, 0.1) is 5.92 Å². The number of hydrogen-bond acceptors (Lipinski definition) is 2. The van der Waals surface area contributed by atoms with Crippen molar-refractivity contribution < 1.29 is 9.59 Å². The lowest BCUT2D eigenvalue weighted by Crippen LogP contribution is -2.33. The second-order valence-electron chi connectivity index (χ2n) is 7.57. The van der Waals surface area contributed by atoms with Gasteiger partial charge in [0, 0.05) is 26.1 Å². The third kappa shape index (κ3) is 9.86. The van der Waals surface area contributed by atoms with Crippen LogP contribution in [0.2, 0.25) is 0 Å². The first-order valence-corrected chi connectivity index (χ1v) is 10.7. The Morgan fingerprint density at radius 2 is 1.48 bits per heavy atom. The highest BCUT2D eigenvalue weighted by Crippen LogP contribution is 2.19. The van der Waals surface area contributed by atoms with E-state index in [4.69, 9.17) is 0 Å². The standard InChI is InChI=1S/C21H40N2O2/c1-3-5-7-8-9-10-11-12-13-14-16-23-18-19(17-20(23)24)21(25)22-15-6-4-2/h19H,3-18H2,1-2H3,(H,22,25). The van der Waals surface area contributed by atoms with E-state index in [1.807, 2.05) is 4.90 Å². The van der Waals surface area contributed by atoms with E-state index >= 15 is 0 Å². The molecule has 0 aromatic heterocycles. The van der Waals surface area contributed by atoms with Crippen LogP contribution in [-0.4, -0.2) is 36.3 Å². The molecule has 0 saturated carbocycles. The first-order chi connectivity index (χ1) is 12.2. The molecule has 2 amide bonds. The predicted octanol–water partition coefficient (Wildman–Crippen LogP) is 4.67. The molecule has 1 heterocycles. The molecule has 0 radical (unpaired) electrons. The van der Waals surface area contributed by atoms with Crippen molar-refractivity contribution in [2.75, 3.05) is 19.6 Å². The zero-order valence-electron chi connectivity index (χ0n) is 16.7. The third-order valence-electron chi connectivity index (χ3n) is 5.20. The SMILES string of the molecule is CCCCCCCCCCCCN1CC(C(=O)NCCCC)CC1=O. The lowest BCUT2D eigenvalue weighted by atomic mass is 10.1. The summed E-state index contributed by atoms with van der Waals surface area (Å²) < 4.78 is 0. The monoisotopic (exact) mass is 352 g/mol. The van der Waals surface area contributed by atoms with E-state index in [0.717, 1.165) is 32.4 Å². The molecule has 1 atom stereocenters. The quantitative estimate of drug-likeness (QED) is 0.435. The van der Waals surface area contributed by atoms with Crippen LogP contribution in [-0.2, 0) is 9.59 Å². The summed E-state index contributed by atoms with van der Waals surface area (Å²) in [5, 5.41) is 2.96. The van der Waals surface area contributed by atoms with Crippen LogP contribution in [0.25, 0.3) is 0 Å². The fraction of sp³-hybridized carbons (Fsp3) is 0.905. The number of carbonyl (C=O) groups is 2. The maximum atomic E-state index is 12.1. The van der Waals surface area contributed by atoms with Gasteiger partial charge in [-0.05, 0) is 12.8 Å². The van der Waals surface area contributed by atoms with Crippen LogP contribution in [0.3, 0.4) is 0 Å². The van der Waals surface area contributed by atoms with E-state index < -0.39 is 0 Å². The van der Waals surface area contributed by atoms with Crippen molar-refractivity contribution in [3.05, 3.63) is 0 Å². The van der Waals surface area contributed by atoms with Crippen molar-refractivity contribution in [2.45, 2.75) is 97.3 Å². The van der Waals surface area contributed by atoms with Gasteiger partial charge in [0.25, 0.3) is 0 Å². The number of carbonyl (C=O) groups excluding carboxylic acids is 2. The summed E-state index contributed by atoms with van der Waals surface area (Å²) in [5.41, 5.74) is 0. The second kappa shape index (κ2) is 14.1. The van der Waals surface area contributed by atoms with Gasteiger partial charge >= 0.3 is 0 Å². The number of rotatable bonds is 15. The summed E-state index contributed by atoms with van der Waals surface area (Å²) in [7, 11) is 0. The molecule has 146 valence electrons. The average molecular weight is 353 g/mol. The number of nitrogens with one attached hydrogen (secondary N) is 1. The van der Waals surface area contributed by atoms with Crippen molar-refractivity contribution in [1.82, 2.24) is 10.2 Å². The van der Waals surface area contributed by atoms with Crippen LogP contribution in [0.5, 0.6) is 0 Å². The summed E-state index contributed by atoms with van der Waals surface area (Å²) in [6.07, 6.45) is 15.6. The van der Waals surface area contributed by atoms with Gasteiger partial charge in [-0.15, -0.1) is 0 Å². The molecule has 25 heavy (non-hydrogen) atoms. The second-order valence-corrected chi connectivity index (χ2v) is 7.57. The lowest BCUT2D eigenvalue weighted by Gasteiger charge is -2.16. The topological polar surface area (TPSA) is 49.4 Å². The van der Waals surface area contributed by atoms with Gasteiger partial charge < -0.3 is 10.2 Å². The molecule has 1 N–H and O–H groups in total. The van der Waals surface area contributed by atoms with Gasteiger partial charge in [-0.25, -0.2) is 0 Å². The Bertz CT molecular complexity index is 371. The van der Waals surface area contributed by atoms with Crippen LogP contribution >= 0.6 is 0 Å². The van der Waals surface area contributed by atoms with E-state index in [9.17, 15) is 9.59 Å². The van der Waals surface area contributed by atoms with E-state index in [0.29, 0.717) is 13.0 Å². The predicted molar refractivity (Wildman–Crippen MR) is 104 cm³/mol. The number of likely N-dealkylation sites (tertiary alicyclic amines) is 1. The van der Waals surface area contributed by atoms with Crippen LogP contribution in [0.4, 0.5) is 0 Å². The van der Waals surface area contributed by atoms with Gasteiger partial charge in [0.05, 0.1) is 5.92 Å². The Morgan fingerprint density at radius 1 is 0.920 bits per heavy atom. The van der Waals surface area contributed by atoms with E-state index in [-0.39, 0.29) is 17.7 Å². The molecule has 1 rings (SSSR count). The molecule has 0 aliphatic carbocycles. The van der Waals surface area contributed by atoms with Crippen molar-refractivity contribution in [3.8, 4) is 0 Å². The lowest BCUT2D eigenvalue weighted by molar-refractivity contribution is -0.129. The molecule has 0 spiro atoms. The minimum atomic E-state index is -0.132. The van der Waals surface area contributed by atoms with Crippen molar-refractivity contribution in [3.63, 3.8) is 0 Å². The zero-order chi connectivity index (χ0) is 18.3. The van der Waals surface area contributed by atoms with Crippen molar-refractivity contribution in [1.29, 1.82) is 0 Å². The Kier molecular flexibility index (Phi) is 12.4. The fourth-order valence-corrected chi connectivity index (χ4v) is 3.49. The molecule has 1 aliphatic rings. The third-order valence-corrected chi connectivity index (χ3v) is 5.20. The Morgan fingerprint density at radius 3 is 2.08 bits per heavy atom. The highest BCUT2D eigenvalue weighted by molar-refractivity contribution is 5.89. The van der Waals surface area contributed by atoms with Crippen LogP contribution in [0.15, 0.2) is 0 Å². The highest BCUT2D eigenvalue weighted by Gasteiger charge is 2.33. The molecule has 0 aromatic carbocycles. The minimum absolute atomic E-state index is 0.0624. The van der Waals surface area contributed by atoms with Gasteiger partial charge in [0.1, 0.15) is 0 Å². The summed E-state index contributed by atoms with van der Waals surface area (Å²) in [5.74, 6) is 0.0893. The average Bonchev–Trinajstić information content (AvgIpc) is 2.98. The normalized spacial score (nSPS) is 17.3. The summed E-state index contributed by atoms with van der Waals surface area (Å²) >= 11 is 0. The molecule has 0 bridgehead atoms. The maximum Gasteiger partial charge on any atom is 0.225 e.